The first-order valence-electron chi connectivity index (χ1n) is 6.55. The lowest BCUT2D eigenvalue weighted by Crippen LogP contribution is -2.26. The van der Waals surface area contributed by atoms with Gasteiger partial charge in [-0.1, -0.05) is 0 Å². The number of imidazole rings is 1. The van der Waals surface area contributed by atoms with Gasteiger partial charge in [0.25, 0.3) is 5.70 Å². The van der Waals surface area contributed by atoms with Gasteiger partial charge in [-0.2, -0.15) is 11.8 Å². The summed E-state index contributed by atoms with van der Waals surface area (Å²) >= 11 is 1.48. The minimum absolute atomic E-state index is 0.0112. The van der Waals surface area contributed by atoms with Crippen molar-refractivity contribution in [3.05, 3.63) is 39.3 Å². The van der Waals surface area contributed by atoms with Crippen molar-refractivity contribution in [2.24, 2.45) is 0 Å². The molecule has 0 radical (unpaired) electrons. The molecule has 0 bridgehead atoms. The van der Waals surface area contributed by atoms with Gasteiger partial charge >= 0.3 is 0 Å². The van der Waals surface area contributed by atoms with Crippen LogP contribution >= 0.6 is 11.8 Å². The molecule has 0 aromatic carbocycles. The topological polar surface area (TPSA) is 113 Å². The number of ketones is 1. The summed E-state index contributed by atoms with van der Waals surface area (Å²) in [4.78, 5) is 29.1. The van der Waals surface area contributed by atoms with Gasteiger partial charge in [-0.05, 0) is 6.92 Å². The van der Waals surface area contributed by atoms with E-state index in [1.54, 1.807) is 0 Å². The number of nitrogens with one attached hydrogen (secondary N) is 3. The molecule has 0 aliphatic carbocycles. The van der Waals surface area contributed by atoms with Crippen molar-refractivity contribution in [3.63, 3.8) is 0 Å². The number of carbonyl (C=O) groups excluding carboxylic acids is 1. The lowest BCUT2D eigenvalue weighted by molar-refractivity contribution is -0.427. The van der Waals surface area contributed by atoms with Crippen molar-refractivity contribution in [2.45, 2.75) is 13.3 Å². The van der Waals surface area contributed by atoms with Crippen LogP contribution in [0.1, 0.15) is 22.6 Å². The maximum atomic E-state index is 11.9. The number of rotatable bonds is 8. The Kier molecular flexibility index (Phi) is 5.20. The highest BCUT2D eigenvalue weighted by Gasteiger charge is 2.23. The molecule has 0 saturated carbocycles. The van der Waals surface area contributed by atoms with Gasteiger partial charge in [-0.25, -0.2) is 4.98 Å². The summed E-state index contributed by atoms with van der Waals surface area (Å²) < 4.78 is 0. The lowest BCUT2D eigenvalue weighted by atomic mass is 10.3. The third-order valence-electron chi connectivity index (χ3n) is 3.05. The molecule has 0 spiro atoms. The van der Waals surface area contributed by atoms with Gasteiger partial charge in [0.1, 0.15) is 5.69 Å². The third kappa shape index (κ3) is 3.97. The van der Waals surface area contributed by atoms with Gasteiger partial charge in [0.15, 0.2) is 11.6 Å². The summed E-state index contributed by atoms with van der Waals surface area (Å²) in [5.41, 5.74) is 1.45. The van der Waals surface area contributed by atoms with Crippen LogP contribution in [0.4, 0.5) is 0 Å². The molecule has 3 N–H and O–H groups in total. The predicted octanol–water partition coefficient (Wildman–Crippen LogP) is 0.663. The van der Waals surface area contributed by atoms with Crippen LogP contribution in [0.2, 0.25) is 0 Å². The van der Waals surface area contributed by atoms with Crippen LogP contribution in [0.3, 0.4) is 0 Å². The van der Waals surface area contributed by atoms with E-state index < -0.39 is 0 Å². The molecule has 114 valence electrons. The van der Waals surface area contributed by atoms with Crippen molar-refractivity contribution in [2.75, 3.05) is 24.6 Å². The molecule has 2 heterocycles. The summed E-state index contributed by atoms with van der Waals surface area (Å²) in [6.45, 7) is 2.96. The van der Waals surface area contributed by atoms with Gasteiger partial charge in [0.05, 0.1) is 23.4 Å². The second-order valence-electron chi connectivity index (χ2n) is 4.53. The Labute approximate surface area is 125 Å². The number of aromatic nitrogens is 2. The summed E-state index contributed by atoms with van der Waals surface area (Å²) in [6, 6.07) is 0. The summed E-state index contributed by atoms with van der Waals surface area (Å²) in [7, 11) is 0. The van der Waals surface area contributed by atoms with Crippen molar-refractivity contribution in [3.8, 4) is 0 Å². The largest absolute Gasteiger partial charge is 0.366 e. The van der Waals surface area contributed by atoms with Gasteiger partial charge in [-0.3, -0.25) is 14.9 Å². The Morgan fingerprint density at radius 1 is 1.62 bits per heavy atom. The van der Waals surface area contributed by atoms with Crippen molar-refractivity contribution in [1.29, 1.82) is 0 Å². The highest BCUT2D eigenvalue weighted by Crippen LogP contribution is 2.12. The second kappa shape index (κ2) is 7.11. The van der Waals surface area contributed by atoms with Gasteiger partial charge < -0.3 is 15.6 Å². The maximum absolute atomic E-state index is 11.9. The van der Waals surface area contributed by atoms with E-state index in [1.807, 2.05) is 6.92 Å². The van der Waals surface area contributed by atoms with Gasteiger partial charge in [-0.15, -0.1) is 0 Å². The quantitative estimate of drug-likeness (QED) is 0.280. The Morgan fingerprint density at radius 3 is 3.10 bits per heavy atom. The lowest BCUT2D eigenvalue weighted by Gasteiger charge is -2.07. The van der Waals surface area contributed by atoms with Crippen LogP contribution in [0.5, 0.6) is 0 Å². The molecule has 2 rings (SSSR count). The molecule has 1 aromatic heterocycles. The first kappa shape index (κ1) is 15.4. The molecule has 8 nitrogen and oxygen atoms in total. The van der Waals surface area contributed by atoms with Gasteiger partial charge in [0.2, 0.25) is 0 Å². The number of aryl methyl sites for hydroxylation is 1. The molecule has 1 aliphatic heterocycles. The van der Waals surface area contributed by atoms with Crippen LogP contribution < -0.4 is 10.6 Å². The predicted molar refractivity (Wildman–Crippen MR) is 79.6 cm³/mol. The molecule has 0 fully saturated rings. The van der Waals surface area contributed by atoms with Crippen LogP contribution in [-0.4, -0.2) is 45.3 Å². The van der Waals surface area contributed by atoms with E-state index in [0.717, 1.165) is 5.69 Å². The number of hydrogen-bond donors (Lipinski definition) is 3. The van der Waals surface area contributed by atoms with Crippen LogP contribution in [0.15, 0.2) is 17.8 Å². The monoisotopic (exact) mass is 311 g/mol. The number of Topliss-reactive ketones (excluding diaryl/α,β-unsaturated/α-hetero) is 1. The minimum Gasteiger partial charge on any atom is -0.366 e. The molecule has 0 unspecified atom stereocenters. The Balaban J connectivity index is 1.69. The Hall–Kier alpha value is -2.03. The second-order valence-corrected chi connectivity index (χ2v) is 5.64. The molecular weight excluding hydrogens is 294 g/mol. The van der Waals surface area contributed by atoms with Crippen molar-refractivity contribution < 1.29 is 9.72 Å². The first-order chi connectivity index (χ1) is 10.1. The summed E-state index contributed by atoms with van der Waals surface area (Å²) in [6.07, 6.45) is 1.94. The number of thioether (sulfide) groups is 1. The average Bonchev–Trinajstić information content (AvgIpc) is 3.06. The number of aromatic amines is 1. The SMILES string of the molecule is Cc1[nH]cnc1C(=O)CSCCNC1=C([N+](=O)[O-])CCN1. The molecule has 9 heteroatoms. The van der Waals surface area contributed by atoms with E-state index in [2.05, 4.69) is 20.6 Å². The zero-order chi connectivity index (χ0) is 15.2. The highest BCUT2D eigenvalue weighted by molar-refractivity contribution is 8.00. The number of nitrogens with zero attached hydrogens (tertiary/aromatic N) is 2. The number of hydrogen-bond acceptors (Lipinski definition) is 7. The van der Waals surface area contributed by atoms with E-state index >= 15 is 0 Å². The fourth-order valence-corrected chi connectivity index (χ4v) is 2.71. The molecule has 0 amide bonds. The number of nitro groups is 1. The van der Waals surface area contributed by atoms with Crippen LogP contribution in [-0.2, 0) is 0 Å². The summed E-state index contributed by atoms with van der Waals surface area (Å²) in [5, 5.41) is 16.7. The maximum Gasteiger partial charge on any atom is 0.287 e. The number of carbonyl (C=O) groups is 1. The fraction of sp³-hybridized carbons (Fsp3) is 0.500. The zero-order valence-electron chi connectivity index (χ0n) is 11.6. The normalized spacial score (nSPS) is 14.1. The highest BCUT2D eigenvalue weighted by atomic mass is 32.2. The van der Waals surface area contributed by atoms with Crippen molar-refractivity contribution >= 4 is 17.5 Å². The molecular formula is C12H17N5O3S. The van der Waals surface area contributed by atoms with E-state index in [4.69, 9.17) is 0 Å². The standard InChI is InChI=1S/C12H17N5O3S/c1-8-11(16-7-15-8)10(18)6-21-5-4-14-12-9(17(19)20)2-3-13-12/h7,13-14H,2-6H2,1H3,(H,15,16). The Bertz CT molecular complexity index is 569. The molecule has 21 heavy (non-hydrogen) atoms. The molecule has 0 saturated heterocycles. The molecule has 1 aromatic rings. The van der Waals surface area contributed by atoms with Gasteiger partial charge in [0, 0.05) is 24.5 Å². The Morgan fingerprint density at radius 2 is 2.43 bits per heavy atom. The molecule has 1 aliphatic rings. The van der Waals surface area contributed by atoms with E-state index in [0.29, 0.717) is 42.5 Å². The van der Waals surface area contributed by atoms with E-state index in [1.165, 1.54) is 18.1 Å². The minimum atomic E-state index is -0.362. The average molecular weight is 311 g/mol. The smallest absolute Gasteiger partial charge is 0.287 e. The van der Waals surface area contributed by atoms with Crippen LogP contribution in [0, 0.1) is 17.0 Å². The van der Waals surface area contributed by atoms with Crippen molar-refractivity contribution in [1.82, 2.24) is 20.6 Å². The van der Waals surface area contributed by atoms with E-state index in [-0.39, 0.29) is 16.4 Å². The summed E-state index contributed by atoms with van der Waals surface area (Å²) in [5.74, 6) is 1.52. The van der Waals surface area contributed by atoms with Crippen LogP contribution in [0.25, 0.3) is 0 Å². The van der Waals surface area contributed by atoms with E-state index in [9.17, 15) is 14.9 Å². The molecule has 0 atom stereocenters. The fourth-order valence-electron chi connectivity index (χ4n) is 2.00. The zero-order valence-corrected chi connectivity index (χ0v) is 12.5. The first-order valence-corrected chi connectivity index (χ1v) is 7.71. The number of H-pyrrole nitrogens is 1. The third-order valence-corrected chi connectivity index (χ3v) is 4.01.